The van der Waals surface area contributed by atoms with Gasteiger partial charge in [-0.05, 0) is 38.0 Å². The molecule has 0 aliphatic carbocycles. The van der Waals surface area contributed by atoms with Gasteiger partial charge in [-0.15, -0.1) is 0 Å². The molecule has 9 heteroatoms. The third-order valence-corrected chi connectivity index (χ3v) is 5.59. The highest BCUT2D eigenvalue weighted by atomic mass is 32.1. The second-order valence-electron chi connectivity index (χ2n) is 6.80. The molecule has 2 aromatic carbocycles. The minimum absolute atomic E-state index is 0.105. The maximum atomic E-state index is 12.7. The van der Waals surface area contributed by atoms with Gasteiger partial charge in [0.1, 0.15) is 6.54 Å². The van der Waals surface area contributed by atoms with Gasteiger partial charge in [0.2, 0.25) is 0 Å². The monoisotopic (exact) mass is 427 g/mol. The van der Waals surface area contributed by atoms with Crippen molar-refractivity contribution in [2.75, 3.05) is 6.61 Å². The molecule has 0 N–H and O–H groups in total. The predicted molar refractivity (Wildman–Crippen MR) is 113 cm³/mol. The molecule has 0 atom stereocenters. The van der Waals surface area contributed by atoms with Crippen LogP contribution >= 0.6 is 11.3 Å². The van der Waals surface area contributed by atoms with Gasteiger partial charge in [-0.3, -0.25) is 19.7 Å². The molecule has 1 heterocycles. The molecule has 0 fully saturated rings. The number of rotatable bonds is 6. The molecule has 1 aromatic heterocycles. The number of nitro groups is 1. The molecule has 3 aromatic rings. The van der Waals surface area contributed by atoms with E-state index in [4.69, 9.17) is 4.74 Å². The van der Waals surface area contributed by atoms with Crippen molar-refractivity contribution in [3.8, 4) is 0 Å². The first kappa shape index (κ1) is 21.4. The molecule has 0 saturated carbocycles. The van der Waals surface area contributed by atoms with Crippen LogP contribution in [0.25, 0.3) is 10.2 Å². The summed E-state index contributed by atoms with van der Waals surface area (Å²) in [5.74, 6) is -0.866. The van der Waals surface area contributed by atoms with Crippen molar-refractivity contribution in [1.29, 1.82) is 0 Å². The second kappa shape index (κ2) is 9.00. The van der Waals surface area contributed by atoms with Crippen molar-refractivity contribution in [2.24, 2.45) is 4.99 Å². The maximum Gasteiger partial charge on any atom is 0.326 e. The van der Waals surface area contributed by atoms with Crippen LogP contribution in [-0.2, 0) is 27.3 Å². The van der Waals surface area contributed by atoms with Crippen LogP contribution in [0, 0.1) is 24.0 Å². The van der Waals surface area contributed by atoms with Crippen molar-refractivity contribution < 1.29 is 19.2 Å². The quantitative estimate of drug-likeness (QED) is 0.340. The Kier molecular flexibility index (Phi) is 6.41. The fourth-order valence-electron chi connectivity index (χ4n) is 3.04. The van der Waals surface area contributed by atoms with E-state index >= 15 is 0 Å². The molecular formula is C21H21N3O5S. The summed E-state index contributed by atoms with van der Waals surface area (Å²) in [7, 11) is 0. The number of benzene rings is 2. The maximum absolute atomic E-state index is 12.7. The Morgan fingerprint density at radius 1 is 1.20 bits per heavy atom. The molecule has 0 saturated heterocycles. The van der Waals surface area contributed by atoms with Gasteiger partial charge in [-0.2, -0.15) is 4.99 Å². The van der Waals surface area contributed by atoms with E-state index in [2.05, 4.69) is 4.99 Å². The SMILES string of the molecule is CCOC(=O)Cn1c(=NC(=O)Cc2cc(C)ccc2C)sc2ccc([N+](=O)[O-])cc21. The van der Waals surface area contributed by atoms with Crippen molar-refractivity contribution in [3.63, 3.8) is 0 Å². The molecule has 0 aliphatic rings. The first-order valence-corrected chi connectivity index (χ1v) is 10.2. The summed E-state index contributed by atoms with van der Waals surface area (Å²) in [4.78, 5) is 39.9. The minimum Gasteiger partial charge on any atom is -0.465 e. The molecular weight excluding hydrogens is 406 g/mol. The lowest BCUT2D eigenvalue weighted by molar-refractivity contribution is -0.384. The van der Waals surface area contributed by atoms with Gasteiger partial charge in [-0.25, -0.2) is 0 Å². The number of nitro benzene ring substituents is 1. The number of esters is 1. The molecule has 156 valence electrons. The predicted octanol–water partition coefficient (Wildman–Crippen LogP) is 3.46. The molecule has 0 radical (unpaired) electrons. The molecule has 0 unspecified atom stereocenters. The highest BCUT2D eigenvalue weighted by Crippen LogP contribution is 2.23. The number of aryl methyl sites for hydroxylation is 2. The largest absolute Gasteiger partial charge is 0.465 e. The van der Waals surface area contributed by atoms with Gasteiger partial charge in [0.15, 0.2) is 4.80 Å². The third-order valence-electron chi connectivity index (χ3n) is 4.54. The van der Waals surface area contributed by atoms with Crippen LogP contribution in [0.4, 0.5) is 5.69 Å². The number of hydrogen-bond acceptors (Lipinski definition) is 6. The van der Waals surface area contributed by atoms with Crippen LogP contribution in [0.5, 0.6) is 0 Å². The average molecular weight is 427 g/mol. The molecule has 30 heavy (non-hydrogen) atoms. The average Bonchev–Trinajstić information content (AvgIpc) is 3.01. The van der Waals surface area contributed by atoms with Gasteiger partial charge in [0.05, 0.1) is 28.2 Å². The normalized spacial score (nSPS) is 11.6. The topological polar surface area (TPSA) is 104 Å². The summed E-state index contributed by atoms with van der Waals surface area (Å²) in [6.45, 7) is 5.60. The van der Waals surface area contributed by atoms with Crippen molar-refractivity contribution >= 4 is 39.1 Å². The summed E-state index contributed by atoms with van der Waals surface area (Å²) >= 11 is 1.20. The van der Waals surface area contributed by atoms with E-state index in [0.29, 0.717) is 15.0 Å². The van der Waals surface area contributed by atoms with E-state index in [1.807, 2.05) is 32.0 Å². The second-order valence-corrected chi connectivity index (χ2v) is 7.81. The summed E-state index contributed by atoms with van der Waals surface area (Å²) in [5, 5.41) is 11.2. The van der Waals surface area contributed by atoms with E-state index in [-0.39, 0.29) is 31.2 Å². The fraction of sp³-hybridized carbons (Fsp3) is 0.286. The van der Waals surface area contributed by atoms with Gasteiger partial charge < -0.3 is 9.30 Å². The van der Waals surface area contributed by atoms with Crippen LogP contribution in [0.1, 0.15) is 23.6 Å². The van der Waals surface area contributed by atoms with Crippen molar-refractivity contribution in [3.05, 3.63) is 68.0 Å². The zero-order chi connectivity index (χ0) is 21.8. The van der Waals surface area contributed by atoms with E-state index < -0.39 is 10.9 Å². The number of carbonyl (C=O) groups excluding carboxylic acids is 2. The summed E-state index contributed by atoms with van der Waals surface area (Å²) in [6, 6.07) is 10.2. The van der Waals surface area contributed by atoms with Crippen LogP contribution < -0.4 is 4.80 Å². The van der Waals surface area contributed by atoms with Gasteiger partial charge in [-0.1, -0.05) is 35.1 Å². The smallest absolute Gasteiger partial charge is 0.326 e. The zero-order valence-corrected chi connectivity index (χ0v) is 17.7. The molecule has 0 bridgehead atoms. The lowest BCUT2D eigenvalue weighted by atomic mass is 10.0. The molecule has 0 spiro atoms. The number of amides is 1. The fourth-order valence-corrected chi connectivity index (χ4v) is 4.07. The van der Waals surface area contributed by atoms with Crippen molar-refractivity contribution in [2.45, 2.75) is 33.7 Å². The number of nitrogens with zero attached hydrogens (tertiary/aromatic N) is 3. The number of ether oxygens (including phenoxy) is 1. The van der Waals surface area contributed by atoms with Crippen LogP contribution in [0.15, 0.2) is 41.4 Å². The van der Waals surface area contributed by atoms with Crippen LogP contribution in [-0.4, -0.2) is 28.0 Å². The number of hydrogen-bond donors (Lipinski definition) is 0. The minimum atomic E-state index is -0.507. The van der Waals surface area contributed by atoms with Gasteiger partial charge in [0, 0.05) is 12.1 Å². The Bertz CT molecular complexity index is 1210. The van der Waals surface area contributed by atoms with Crippen LogP contribution in [0.2, 0.25) is 0 Å². The third kappa shape index (κ3) is 4.80. The number of fused-ring (bicyclic) bond motifs is 1. The summed E-state index contributed by atoms with van der Waals surface area (Å²) in [5.41, 5.74) is 3.29. The number of carbonyl (C=O) groups is 2. The van der Waals surface area contributed by atoms with Crippen LogP contribution in [0.3, 0.4) is 0 Å². The Hall–Kier alpha value is -3.33. The first-order valence-electron chi connectivity index (χ1n) is 9.35. The standard InChI is InChI=1S/C21H21N3O5S/c1-4-29-20(26)12-23-17-11-16(24(27)28)7-8-18(17)30-21(23)22-19(25)10-15-9-13(2)5-6-14(15)3/h5-9,11H,4,10,12H2,1-3H3. The lowest BCUT2D eigenvalue weighted by Gasteiger charge is -2.06. The van der Waals surface area contributed by atoms with Gasteiger partial charge in [0.25, 0.3) is 11.6 Å². The Balaban J connectivity index is 2.06. The van der Waals surface area contributed by atoms with Gasteiger partial charge >= 0.3 is 5.97 Å². The zero-order valence-electron chi connectivity index (χ0n) is 16.9. The number of aromatic nitrogens is 1. The first-order chi connectivity index (χ1) is 14.3. The van der Waals surface area contributed by atoms with Crippen molar-refractivity contribution in [1.82, 2.24) is 4.57 Å². The summed E-state index contributed by atoms with van der Waals surface area (Å²) in [6.07, 6.45) is 0.126. The van der Waals surface area contributed by atoms with E-state index in [0.717, 1.165) is 16.7 Å². The summed E-state index contributed by atoms with van der Waals surface area (Å²) < 4.78 is 7.19. The van der Waals surface area contributed by atoms with E-state index in [9.17, 15) is 19.7 Å². The molecule has 0 aliphatic heterocycles. The highest BCUT2D eigenvalue weighted by Gasteiger charge is 2.16. The lowest BCUT2D eigenvalue weighted by Crippen LogP contribution is -2.23. The molecule has 3 rings (SSSR count). The Morgan fingerprint density at radius 3 is 2.67 bits per heavy atom. The van der Waals surface area contributed by atoms with E-state index in [1.54, 1.807) is 13.0 Å². The molecule has 8 nitrogen and oxygen atoms in total. The Labute approximate surface area is 176 Å². The highest BCUT2D eigenvalue weighted by molar-refractivity contribution is 7.16. The molecule has 1 amide bonds. The van der Waals surface area contributed by atoms with E-state index in [1.165, 1.54) is 28.0 Å². The number of non-ortho nitro benzene ring substituents is 1. The Morgan fingerprint density at radius 2 is 1.97 bits per heavy atom. The number of thiazole rings is 1.